The molecule has 2 unspecified atom stereocenters. The molecule has 0 spiro atoms. The van der Waals surface area contributed by atoms with Crippen LogP contribution in [0.3, 0.4) is 0 Å². The van der Waals surface area contributed by atoms with Crippen molar-refractivity contribution in [3.8, 4) is 0 Å². The van der Waals surface area contributed by atoms with E-state index in [0.29, 0.717) is 16.3 Å². The van der Waals surface area contributed by atoms with Gasteiger partial charge in [-0.1, -0.05) is 12.8 Å². The van der Waals surface area contributed by atoms with Gasteiger partial charge in [-0.05, 0) is 53.6 Å². The van der Waals surface area contributed by atoms with E-state index in [9.17, 15) is 4.39 Å². The lowest BCUT2D eigenvalue weighted by Gasteiger charge is -2.44. The molecule has 2 nitrogen and oxygen atoms in total. The van der Waals surface area contributed by atoms with E-state index in [1.807, 2.05) is 0 Å². The van der Waals surface area contributed by atoms with Gasteiger partial charge in [0.1, 0.15) is 0 Å². The maximum absolute atomic E-state index is 14.1. The molecule has 0 aromatic carbocycles. The highest BCUT2D eigenvalue weighted by Crippen LogP contribution is 2.37. The second kappa shape index (κ2) is 5.16. The van der Waals surface area contributed by atoms with Gasteiger partial charge in [0.05, 0.1) is 0 Å². The Hall–Kier alpha value is -0.640. The van der Waals surface area contributed by atoms with E-state index in [4.69, 9.17) is 0 Å². The first-order valence-electron chi connectivity index (χ1n) is 6.83. The van der Waals surface area contributed by atoms with Crippen molar-refractivity contribution in [1.82, 2.24) is 4.98 Å². The van der Waals surface area contributed by atoms with Gasteiger partial charge >= 0.3 is 0 Å². The summed E-state index contributed by atoms with van der Waals surface area (Å²) in [6, 6.07) is 2.03. The number of pyridine rings is 1. The van der Waals surface area contributed by atoms with Gasteiger partial charge in [0.15, 0.2) is 11.6 Å². The Morgan fingerprint density at radius 1 is 1.22 bits per heavy atom. The highest BCUT2D eigenvalue weighted by molar-refractivity contribution is 9.10. The third-order valence-electron chi connectivity index (χ3n) is 4.30. The summed E-state index contributed by atoms with van der Waals surface area (Å²) in [6.45, 7) is 0.951. The normalized spacial score (nSPS) is 28.0. The van der Waals surface area contributed by atoms with Crippen LogP contribution in [0.1, 0.15) is 38.5 Å². The van der Waals surface area contributed by atoms with Crippen LogP contribution in [0, 0.1) is 11.7 Å². The van der Waals surface area contributed by atoms with Gasteiger partial charge in [-0.15, -0.1) is 0 Å². The summed E-state index contributed by atoms with van der Waals surface area (Å²) in [4.78, 5) is 6.51. The lowest BCUT2D eigenvalue weighted by atomic mass is 9.78. The third-order valence-corrected chi connectivity index (χ3v) is 4.74. The Labute approximate surface area is 116 Å². The lowest BCUT2D eigenvalue weighted by Crippen LogP contribution is -2.47. The summed E-state index contributed by atoms with van der Waals surface area (Å²) in [7, 11) is 0. The molecule has 1 aromatic heterocycles. The van der Waals surface area contributed by atoms with Crippen molar-refractivity contribution < 1.29 is 4.39 Å². The molecule has 3 rings (SSSR count). The molecule has 18 heavy (non-hydrogen) atoms. The molecule has 0 bridgehead atoms. The third kappa shape index (κ3) is 2.27. The van der Waals surface area contributed by atoms with Crippen LogP contribution in [0.25, 0.3) is 0 Å². The van der Waals surface area contributed by atoms with Gasteiger partial charge in [-0.2, -0.15) is 0 Å². The van der Waals surface area contributed by atoms with Crippen molar-refractivity contribution in [3.05, 3.63) is 22.6 Å². The fourth-order valence-corrected chi connectivity index (χ4v) is 3.81. The van der Waals surface area contributed by atoms with Crippen LogP contribution in [0.5, 0.6) is 0 Å². The number of piperidine rings is 1. The number of fused-ring (bicyclic) bond motifs is 1. The highest BCUT2D eigenvalue weighted by Gasteiger charge is 2.34. The average molecular weight is 313 g/mol. The Bertz CT molecular complexity index is 436. The number of hydrogen-bond donors (Lipinski definition) is 0. The molecule has 2 fully saturated rings. The molecule has 2 aliphatic rings. The molecule has 2 heterocycles. The van der Waals surface area contributed by atoms with Gasteiger partial charge in [-0.25, -0.2) is 9.37 Å². The van der Waals surface area contributed by atoms with Crippen molar-refractivity contribution in [2.75, 3.05) is 11.4 Å². The van der Waals surface area contributed by atoms with Crippen molar-refractivity contribution in [1.29, 1.82) is 0 Å². The van der Waals surface area contributed by atoms with E-state index in [-0.39, 0.29) is 5.82 Å². The summed E-state index contributed by atoms with van der Waals surface area (Å²) in [5.41, 5.74) is 0. The first-order valence-corrected chi connectivity index (χ1v) is 7.62. The predicted octanol–water partition coefficient (Wildman–Crippen LogP) is 4.14. The van der Waals surface area contributed by atoms with Crippen molar-refractivity contribution in [3.63, 3.8) is 0 Å². The first kappa shape index (κ1) is 12.4. The van der Waals surface area contributed by atoms with E-state index >= 15 is 0 Å². The van der Waals surface area contributed by atoms with Crippen LogP contribution in [0.15, 0.2) is 16.7 Å². The predicted molar refractivity (Wildman–Crippen MR) is 74.2 cm³/mol. The lowest BCUT2D eigenvalue weighted by molar-refractivity contribution is 0.241. The molecule has 1 saturated carbocycles. The molecule has 2 atom stereocenters. The quantitative estimate of drug-likeness (QED) is 0.774. The van der Waals surface area contributed by atoms with Crippen molar-refractivity contribution >= 4 is 21.7 Å². The summed E-state index contributed by atoms with van der Waals surface area (Å²) in [5, 5.41) is 0. The van der Waals surface area contributed by atoms with E-state index in [0.717, 1.165) is 12.5 Å². The van der Waals surface area contributed by atoms with Crippen molar-refractivity contribution in [2.45, 2.75) is 44.6 Å². The minimum Gasteiger partial charge on any atom is -0.351 e. The number of rotatable bonds is 1. The Morgan fingerprint density at radius 3 is 2.83 bits per heavy atom. The standard InChI is InChI=1S/C14H18BrFN2/c15-11-8-12(16)14(17-9-11)18-7-3-5-10-4-1-2-6-13(10)18/h8-10,13H,1-7H2. The molecule has 1 saturated heterocycles. The molecule has 4 heteroatoms. The van der Waals surface area contributed by atoms with Crippen LogP contribution in [-0.2, 0) is 0 Å². The maximum Gasteiger partial charge on any atom is 0.166 e. The fourth-order valence-electron chi connectivity index (χ4n) is 3.51. The molecule has 98 valence electrons. The second-order valence-corrected chi connectivity index (χ2v) is 6.32. The van der Waals surface area contributed by atoms with Crippen LogP contribution < -0.4 is 4.90 Å². The molecule has 1 aliphatic carbocycles. The summed E-state index contributed by atoms with van der Waals surface area (Å²) >= 11 is 3.27. The number of halogens is 2. The average Bonchev–Trinajstić information content (AvgIpc) is 2.38. The van der Waals surface area contributed by atoms with E-state index in [1.165, 1.54) is 44.6 Å². The maximum atomic E-state index is 14.1. The number of hydrogen-bond acceptors (Lipinski definition) is 2. The summed E-state index contributed by atoms with van der Waals surface area (Å²) in [5.74, 6) is 1.10. The Kier molecular flexibility index (Phi) is 3.55. The molecular formula is C14H18BrFN2. The number of nitrogens with zero attached hydrogens (tertiary/aromatic N) is 2. The molecule has 0 radical (unpaired) electrons. The first-order chi connectivity index (χ1) is 8.75. The zero-order valence-corrected chi connectivity index (χ0v) is 12.0. The monoisotopic (exact) mass is 312 g/mol. The largest absolute Gasteiger partial charge is 0.351 e. The zero-order chi connectivity index (χ0) is 12.5. The van der Waals surface area contributed by atoms with Gasteiger partial charge in [0.2, 0.25) is 0 Å². The van der Waals surface area contributed by atoms with Gasteiger partial charge in [0.25, 0.3) is 0 Å². The van der Waals surface area contributed by atoms with E-state index in [1.54, 1.807) is 6.20 Å². The molecule has 0 amide bonds. The number of anilines is 1. The molecule has 1 aliphatic heterocycles. The minimum atomic E-state index is -0.199. The summed E-state index contributed by atoms with van der Waals surface area (Å²) < 4.78 is 14.8. The smallest absolute Gasteiger partial charge is 0.166 e. The van der Waals surface area contributed by atoms with Crippen LogP contribution in [0.2, 0.25) is 0 Å². The molecular weight excluding hydrogens is 295 g/mol. The Balaban J connectivity index is 1.89. The van der Waals surface area contributed by atoms with Crippen LogP contribution >= 0.6 is 15.9 Å². The van der Waals surface area contributed by atoms with Crippen LogP contribution in [0.4, 0.5) is 10.2 Å². The van der Waals surface area contributed by atoms with E-state index < -0.39 is 0 Å². The Morgan fingerprint density at radius 2 is 2.00 bits per heavy atom. The minimum absolute atomic E-state index is 0.199. The van der Waals surface area contributed by atoms with Gasteiger partial charge in [0, 0.05) is 23.3 Å². The molecule has 0 N–H and O–H groups in total. The van der Waals surface area contributed by atoms with Gasteiger partial charge in [-0.3, -0.25) is 0 Å². The van der Waals surface area contributed by atoms with Crippen LogP contribution in [-0.4, -0.2) is 17.6 Å². The summed E-state index contributed by atoms with van der Waals surface area (Å²) in [6.07, 6.45) is 9.28. The zero-order valence-electron chi connectivity index (χ0n) is 10.4. The van der Waals surface area contributed by atoms with E-state index in [2.05, 4.69) is 25.8 Å². The topological polar surface area (TPSA) is 16.1 Å². The SMILES string of the molecule is Fc1cc(Br)cnc1N1CCCC2CCCCC21. The highest BCUT2D eigenvalue weighted by atomic mass is 79.9. The molecule has 1 aromatic rings. The number of aromatic nitrogens is 1. The van der Waals surface area contributed by atoms with Crippen molar-refractivity contribution in [2.24, 2.45) is 5.92 Å². The van der Waals surface area contributed by atoms with Gasteiger partial charge < -0.3 is 4.90 Å². The second-order valence-electron chi connectivity index (χ2n) is 5.41. The fraction of sp³-hybridized carbons (Fsp3) is 0.643.